The highest BCUT2D eigenvalue weighted by molar-refractivity contribution is 5.87. The molecule has 1 aromatic heterocycles. The molecule has 226 valence electrons. The van der Waals surface area contributed by atoms with Gasteiger partial charge in [0, 0.05) is 44.1 Å². The van der Waals surface area contributed by atoms with Crippen molar-refractivity contribution in [1.82, 2.24) is 19.6 Å². The van der Waals surface area contributed by atoms with Crippen molar-refractivity contribution in [2.24, 2.45) is 0 Å². The Morgan fingerprint density at radius 2 is 1.71 bits per heavy atom. The van der Waals surface area contributed by atoms with Crippen molar-refractivity contribution in [3.63, 3.8) is 0 Å². The van der Waals surface area contributed by atoms with Crippen molar-refractivity contribution in [3.8, 4) is 11.4 Å². The quantitative estimate of drug-likeness (QED) is 0.262. The van der Waals surface area contributed by atoms with Crippen LogP contribution in [0.2, 0.25) is 0 Å². The summed E-state index contributed by atoms with van der Waals surface area (Å²) in [5.74, 6) is -0.411. The molecule has 0 radical (unpaired) electrons. The van der Waals surface area contributed by atoms with Crippen LogP contribution in [0.1, 0.15) is 88.9 Å². The van der Waals surface area contributed by atoms with Crippen molar-refractivity contribution in [3.05, 3.63) is 53.1 Å². The third-order valence-corrected chi connectivity index (χ3v) is 7.43. The molecule has 2 amide bonds. The summed E-state index contributed by atoms with van der Waals surface area (Å²) in [5.41, 5.74) is 1.51. The molecule has 1 aromatic carbocycles. The second kappa shape index (κ2) is 10.7. The average molecular weight is 583 g/mol. The number of halogens is 1. The lowest BCUT2D eigenvalue weighted by Crippen LogP contribution is -2.47. The van der Waals surface area contributed by atoms with Crippen LogP contribution in [0, 0.1) is 5.82 Å². The van der Waals surface area contributed by atoms with Gasteiger partial charge in [0.05, 0.1) is 17.4 Å². The van der Waals surface area contributed by atoms with Crippen LogP contribution in [0.15, 0.2) is 24.8 Å². The zero-order valence-electron chi connectivity index (χ0n) is 25.2. The molecular formula is C31H39FN4O6. The molecule has 11 heteroatoms. The van der Waals surface area contributed by atoms with E-state index in [0.29, 0.717) is 37.2 Å². The minimum atomic E-state index is -0.896. The molecule has 1 aliphatic carbocycles. The Bertz CT molecular complexity index is 1430. The first-order valence-electron chi connectivity index (χ1n) is 14.4. The number of hydrogen-bond donors (Lipinski definition) is 0. The van der Waals surface area contributed by atoms with Gasteiger partial charge in [-0.25, -0.2) is 18.7 Å². The van der Waals surface area contributed by atoms with E-state index in [4.69, 9.17) is 19.3 Å². The van der Waals surface area contributed by atoms with Gasteiger partial charge in [0.1, 0.15) is 22.7 Å². The summed E-state index contributed by atoms with van der Waals surface area (Å²) in [4.78, 5) is 42.0. The van der Waals surface area contributed by atoms with Crippen molar-refractivity contribution in [1.29, 1.82) is 0 Å². The normalized spacial score (nSPS) is 18.6. The summed E-state index contributed by atoms with van der Waals surface area (Å²) in [6.45, 7) is 15.1. The highest BCUT2D eigenvalue weighted by atomic mass is 19.1. The molecule has 1 atom stereocenters. The molecule has 3 heterocycles. The topological polar surface area (TPSA) is 103 Å². The standard InChI is InChI=1S/C31H39FN4O6/c1-8-26(37)34-13-11-21-27-22(12-14-35(24(27)17-34)28(38)41-30(2,3)4)36(33-21)23-16-20(32)19(18-9-10-18)15-25(23)40-29(39)42-31(5,6)7/h8,15-16,18,24H,1,9-14,17H2,2-7H3. The minimum absolute atomic E-state index is 0.0767. The molecule has 3 aliphatic rings. The van der Waals surface area contributed by atoms with Gasteiger partial charge >= 0.3 is 12.2 Å². The Morgan fingerprint density at radius 1 is 1.02 bits per heavy atom. The first-order valence-corrected chi connectivity index (χ1v) is 14.4. The fourth-order valence-corrected chi connectivity index (χ4v) is 5.54. The van der Waals surface area contributed by atoms with Crippen LogP contribution in [-0.2, 0) is 27.1 Å². The first kappa shape index (κ1) is 29.6. The summed E-state index contributed by atoms with van der Waals surface area (Å²) < 4.78 is 33.9. The van der Waals surface area contributed by atoms with E-state index in [1.165, 1.54) is 12.1 Å². The number of benzene rings is 1. The van der Waals surface area contributed by atoms with Crippen molar-refractivity contribution >= 4 is 18.2 Å². The first-order chi connectivity index (χ1) is 19.6. The molecule has 5 rings (SSSR count). The number of aromatic nitrogens is 2. The monoisotopic (exact) mass is 582 g/mol. The minimum Gasteiger partial charge on any atom is -0.444 e. The van der Waals surface area contributed by atoms with Gasteiger partial charge in [0.15, 0.2) is 5.75 Å². The zero-order valence-corrected chi connectivity index (χ0v) is 25.2. The Labute approximate surface area is 245 Å². The van der Waals surface area contributed by atoms with Crippen molar-refractivity contribution in [2.45, 2.75) is 90.4 Å². The van der Waals surface area contributed by atoms with Crippen LogP contribution in [-0.4, -0.2) is 68.6 Å². The Balaban J connectivity index is 1.60. The molecule has 1 fully saturated rings. The highest BCUT2D eigenvalue weighted by Gasteiger charge is 2.42. The number of carbonyl (C=O) groups is 3. The van der Waals surface area contributed by atoms with Crippen LogP contribution < -0.4 is 4.74 Å². The summed E-state index contributed by atoms with van der Waals surface area (Å²) in [5, 5.41) is 4.88. The maximum absolute atomic E-state index is 15.5. The van der Waals surface area contributed by atoms with Gasteiger partial charge in [-0.05, 0) is 78.0 Å². The molecule has 2 aromatic rings. The van der Waals surface area contributed by atoms with Gasteiger partial charge in [-0.3, -0.25) is 9.69 Å². The third kappa shape index (κ3) is 6.15. The Morgan fingerprint density at radius 3 is 2.33 bits per heavy atom. The predicted molar refractivity (Wildman–Crippen MR) is 152 cm³/mol. The van der Waals surface area contributed by atoms with Crippen LogP contribution >= 0.6 is 0 Å². The van der Waals surface area contributed by atoms with Crippen LogP contribution in [0.5, 0.6) is 5.75 Å². The van der Waals surface area contributed by atoms with Gasteiger partial charge in [-0.1, -0.05) is 6.58 Å². The van der Waals surface area contributed by atoms with Gasteiger partial charge in [0.2, 0.25) is 5.91 Å². The van der Waals surface area contributed by atoms with Crippen LogP contribution in [0.25, 0.3) is 5.69 Å². The number of hydrogen-bond acceptors (Lipinski definition) is 7. The van der Waals surface area contributed by atoms with E-state index in [0.717, 1.165) is 24.1 Å². The molecule has 10 nitrogen and oxygen atoms in total. The Kier molecular flexibility index (Phi) is 7.57. The highest BCUT2D eigenvalue weighted by Crippen LogP contribution is 2.45. The fourth-order valence-electron chi connectivity index (χ4n) is 5.54. The summed E-state index contributed by atoms with van der Waals surface area (Å²) in [6.07, 6.45) is 2.42. The molecule has 42 heavy (non-hydrogen) atoms. The third-order valence-electron chi connectivity index (χ3n) is 7.43. The lowest BCUT2D eigenvalue weighted by molar-refractivity contribution is -0.126. The molecule has 1 unspecified atom stereocenters. The number of nitrogens with zero attached hydrogens (tertiary/aromatic N) is 4. The molecular weight excluding hydrogens is 543 g/mol. The average Bonchev–Trinajstić information content (AvgIpc) is 3.67. The smallest absolute Gasteiger partial charge is 0.444 e. The number of rotatable bonds is 4. The van der Waals surface area contributed by atoms with E-state index >= 15 is 4.39 Å². The maximum atomic E-state index is 15.5. The van der Waals surface area contributed by atoms with Crippen molar-refractivity contribution < 1.29 is 33.0 Å². The number of amides is 2. The largest absolute Gasteiger partial charge is 0.514 e. The van der Waals surface area contributed by atoms with Crippen LogP contribution in [0.4, 0.5) is 14.0 Å². The fraction of sp³-hybridized carbons (Fsp3) is 0.548. The van der Waals surface area contributed by atoms with E-state index in [9.17, 15) is 14.4 Å². The van der Waals surface area contributed by atoms with Gasteiger partial charge in [-0.15, -0.1) is 0 Å². The van der Waals surface area contributed by atoms with Gasteiger partial charge < -0.3 is 19.1 Å². The molecule has 1 saturated carbocycles. The molecule has 0 N–H and O–H groups in total. The summed E-state index contributed by atoms with van der Waals surface area (Å²) in [7, 11) is 0. The molecule has 0 saturated heterocycles. The van der Waals surface area contributed by atoms with E-state index in [1.807, 2.05) is 0 Å². The molecule has 0 bridgehead atoms. The summed E-state index contributed by atoms with van der Waals surface area (Å²) >= 11 is 0. The van der Waals surface area contributed by atoms with Crippen molar-refractivity contribution in [2.75, 3.05) is 19.6 Å². The SMILES string of the molecule is C=CC(=O)N1CCc2nn(-c3cc(F)c(C4CC4)cc3OC(=O)OC(C)(C)C)c3c2C(C1)N(C(=O)OC(C)(C)C)CC3. The number of ether oxygens (including phenoxy) is 3. The second-order valence-electron chi connectivity index (χ2n) is 13.1. The predicted octanol–water partition coefficient (Wildman–Crippen LogP) is 5.61. The zero-order chi connectivity index (χ0) is 30.6. The summed E-state index contributed by atoms with van der Waals surface area (Å²) in [6, 6.07) is 2.40. The van der Waals surface area contributed by atoms with E-state index in [1.54, 1.807) is 62.1 Å². The van der Waals surface area contributed by atoms with Gasteiger partial charge in [-0.2, -0.15) is 5.10 Å². The lowest BCUT2D eigenvalue weighted by Gasteiger charge is -2.38. The molecule has 2 aliphatic heterocycles. The van der Waals surface area contributed by atoms with Crippen LogP contribution in [0.3, 0.4) is 0 Å². The van der Waals surface area contributed by atoms with E-state index < -0.39 is 35.3 Å². The Hall–Kier alpha value is -3.89. The maximum Gasteiger partial charge on any atom is 0.514 e. The van der Waals surface area contributed by atoms with E-state index in [-0.39, 0.29) is 29.8 Å². The molecule has 0 spiro atoms. The van der Waals surface area contributed by atoms with Gasteiger partial charge in [0.25, 0.3) is 0 Å². The second-order valence-corrected chi connectivity index (χ2v) is 13.1. The van der Waals surface area contributed by atoms with E-state index in [2.05, 4.69) is 6.58 Å². The number of carbonyl (C=O) groups excluding carboxylic acids is 3. The lowest BCUT2D eigenvalue weighted by atomic mass is 9.96.